The highest BCUT2D eigenvalue weighted by molar-refractivity contribution is 5.93. The number of carbonyl (C=O) groups is 1. The van der Waals surface area contributed by atoms with E-state index < -0.39 is 17.2 Å². The van der Waals surface area contributed by atoms with Crippen LogP contribution in [0.4, 0.5) is 0 Å². The van der Waals surface area contributed by atoms with Crippen LogP contribution in [0.25, 0.3) is 0 Å². The molecule has 1 amide bonds. The number of pyridine rings is 1. The topological polar surface area (TPSA) is 108 Å². The largest absolute Gasteiger partial charge is 0.372 e. The maximum absolute atomic E-state index is 12.5. The van der Waals surface area contributed by atoms with Crippen molar-refractivity contribution in [2.75, 3.05) is 13.1 Å². The Morgan fingerprint density at radius 2 is 2.29 bits per heavy atom. The standard InChI is InChI=1S/C16H18N4O4/c21-14-13(8-18-16(23)19-14)15(22)20-6-2-4-12(9-20)24-10-11-3-1-5-17-7-11/h1,3,5,7-8,12H,2,4,6,9-10H2,(H2,18,19,21,23)/t12-/m0/s1. The fraction of sp³-hybridized carbons (Fsp3) is 0.375. The summed E-state index contributed by atoms with van der Waals surface area (Å²) in [5.41, 5.74) is -0.407. The average molecular weight is 330 g/mol. The second-order valence-electron chi connectivity index (χ2n) is 5.67. The van der Waals surface area contributed by atoms with Gasteiger partial charge in [-0.15, -0.1) is 0 Å². The zero-order valence-corrected chi connectivity index (χ0v) is 13.0. The van der Waals surface area contributed by atoms with E-state index >= 15 is 0 Å². The van der Waals surface area contributed by atoms with Gasteiger partial charge in [-0.3, -0.25) is 19.6 Å². The van der Waals surface area contributed by atoms with Gasteiger partial charge in [0.2, 0.25) is 0 Å². The zero-order chi connectivity index (χ0) is 16.9. The van der Waals surface area contributed by atoms with Gasteiger partial charge >= 0.3 is 5.69 Å². The molecule has 3 rings (SSSR count). The van der Waals surface area contributed by atoms with Gasteiger partial charge in [0.25, 0.3) is 11.5 Å². The second-order valence-corrected chi connectivity index (χ2v) is 5.67. The fourth-order valence-corrected chi connectivity index (χ4v) is 2.70. The summed E-state index contributed by atoms with van der Waals surface area (Å²) in [6.45, 7) is 1.40. The first-order valence-corrected chi connectivity index (χ1v) is 7.75. The molecule has 0 bridgehead atoms. The molecule has 1 aliphatic heterocycles. The molecule has 1 fully saturated rings. The molecule has 24 heavy (non-hydrogen) atoms. The molecule has 0 aliphatic carbocycles. The number of hydrogen-bond acceptors (Lipinski definition) is 5. The van der Waals surface area contributed by atoms with Gasteiger partial charge in [-0.25, -0.2) is 4.79 Å². The van der Waals surface area contributed by atoms with Crippen molar-refractivity contribution in [3.8, 4) is 0 Å². The quantitative estimate of drug-likeness (QED) is 0.837. The van der Waals surface area contributed by atoms with Crippen molar-refractivity contribution in [3.05, 3.63) is 62.7 Å². The maximum atomic E-state index is 12.5. The van der Waals surface area contributed by atoms with Gasteiger partial charge in [0.1, 0.15) is 5.56 Å². The summed E-state index contributed by atoms with van der Waals surface area (Å²) >= 11 is 0. The van der Waals surface area contributed by atoms with Gasteiger partial charge in [0.05, 0.1) is 12.7 Å². The number of piperidine rings is 1. The summed E-state index contributed by atoms with van der Waals surface area (Å²) in [6.07, 6.45) is 6.16. The Balaban J connectivity index is 1.63. The summed E-state index contributed by atoms with van der Waals surface area (Å²) in [4.78, 5) is 45.3. The van der Waals surface area contributed by atoms with E-state index in [-0.39, 0.29) is 11.7 Å². The Kier molecular flexibility index (Phi) is 4.85. The number of nitrogens with one attached hydrogen (secondary N) is 2. The van der Waals surface area contributed by atoms with Crippen LogP contribution >= 0.6 is 0 Å². The van der Waals surface area contributed by atoms with Gasteiger partial charge in [-0.1, -0.05) is 6.07 Å². The zero-order valence-electron chi connectivity index (χ0n) is 13.0. The van der Waals surface area contributed by atoms with Crippen molar-refractivity contribution >= 4 is 5.91 Å². The van der Waals surface area contributed by atoms with Crippen LogP contribution in [-0.2, 0) is 11.3 Å². The number of aromatic amines is 2. The molecule has 0 aromatic carbocycles. The fourth-order valence-electron chi connectivity index (χ4n) is 2.70. The number of hydrogen-bond donors (Lipinski definition) is 2. The lowest BCUT2D eigenvalue weighted by atomic mass is 10.1. The minimum absolute atomic E-state index is 0.0671. The first-order valence-electron chi connectivity index (χ1n) is 7.75. The summed E-state index contributed by atoms with van der Waals surface area (Å²) in [5.74, 6) is -0.401. The SMILES string of the molecule is O=C(c1c[nH]c(=O)[nH]c1=O)N1CCC[C@H](OCc2cccnc2)C1. The normalized spacial score (nSPS) is 17.7. The molecule has 2 aromatic heterocycles. The molecule has 0 radical (unpaired) electrons. The third-order valence-corrected chi connectivity index (χ3v) is 3.92. The van der Waals surface area contributed by atoms with Gasteiger partial charge < -0.3 is 14.6 Å². The van der Waals surface area contributed by atoms with Crippen molar-refractivity contribution in [2.45, 2.75) is 25.6 Å². The van der Waals surface area contributed by atoms with Crippen LogP contribution in [-0.4, -0.2) is 45.0 Å². The number of carbonyl (C=O) groups excluding carboxylic acids is 1. The number of H-pyrrole nitrogens is 2. The minimum atomic E-state index is -0.679. The van der Waals surface area contributed by atoms with Crippen molar-refractivity contribution in [2.24, 2.45) is 0 Å². The van der Waals surface area contributed by atoms with Crippen molar-refractivity contribution in [3.63, 3.8) is 0 Å². The molecule has 0 saturated carbocycles. The molecule has 1 saturated heterocycles. The average Bonchev–Trinajstić information content (AvgIpc) is 2.61. The molecule has 1 atom stereocenters. The van der Waals surface area contributed by atoms with Crippen molar-refractivity contribution in [1.82, 2.24) is 19.9 Å². The van der Waals surface area contributed by atoms with Crippen LogP contribution in [0.2, 0.25) is 0 Å². The molecule has 0 unspecified atom stereocenters. The molecule has 3 heterocycles. The first kappa shape index (κ1) is 16.1. The third-order valence-electron chi connectivity index (χ3n) is 3.92. The summed E-state index contributed by atoms with van der Waals surface area (Å²) in [5, 5.41) is 0. The van der Waals surface area contributed by atoms with E-state index in [1.54, 1.807) is 17.3 Å². The number of amides is 1. The Morgan fingerprint density at radius 3 is 3.04 bits per heavy atom. The van der Waals surface area contributed by atoms with Crippen LogP contribution in [0.5, 0.6) is 0 Å². The van der Waals surface area contributed by atoms with Gasteiger partial charge in [-0.2, -0.15) is 0 Å². The molecule has 1 aliphatic rings. The summed E-state index contributed by atoms with van der Waals surface area (Å²) < 4.78 is 5.86. The number of likely N-dealkylation sites (tertiary alicyclic amines) is 1. The number of aromatic nitrogens is 3. The van der Waals surface area contributed by atoms with E-state index in [1.807, 2.05) is 12.1 Å². The lowest BCUT2D eigenvalue weighted by Crippen LogP contribution is -2.45. The lowest BCUT2D eigenvalue weighted by molar-refractivity contribution is -0.00688. The highest BCUT2D eigenvalue weighted by Crippen LogP contribution is 2.16. The molecule has 0 spiro atoms. The van der Waals surface area contributed by atoms with E-state index in [0.717, 1.165) is 24.6 Å². The molecule has 8 nitrogen and oxygen atoms in total. The van der Waals surface area contributed by atoms with E-state index in [1.165, 1.54) is 0 Å². The van der Waals surface area contributed by atoms with Gasteiger partial charge in [0, 0.05) is 31.7 Å². The number of ether oxygens (including phenoxy) is 1. The Hall–Kier alpha value is -2.74. The number of rotatable bonds is 4. The predicted octanol–water partition coefficient (Wildman–Crippen LogP) is 0.280. The van der Waals surface area contributed by atoms with Crippen molar-refractivity contribution < 1.29 is 9.53 Å². The van der Waals surface area contributed by atoms with E-state index in [4.69, 9.17) is 4.74 Å². The van der Waals surface area contributed by atoms with E-state index in [9.17, 15) is 14.4 Å². The van der Waals surface area contributed by atoms with Gasteiger partial charge in [-0.05, 0) is 24.5 Å². The summed E-state index contributed by atoms with van der Waals surface area (Å²) in [6, 6.07) is 3.77. The Morgan fingerprint density at radius 1 is 1.42 bits per heavy atom. The molecular weight excluding hydrogens is 312 g/mol. The van der Waals surface area contributed by atoms with E-state index in [2.05, 4.69) is 15.0 Å². The highest BCUT2D eigenvalue weighted by Gasteiger charge is 2.26. The van der Waals surface area contributed by atoms with Crippen LogP contribution in [0.1, 0.15) is 28.8 Å². The van der Waals surface area contributed by atoms with Crippen LogP contribution in [0, 0.1) is 0 Å². The second kappa shape index (κ2) is 7.22. The monoisotopic (exact) mass is 330 g/mol. The molecule has 2 N–H and O–H groups in total. The van der Waals surface area contributed by atoms with E-state index in [0.29, 0.717) is 19.7 Å². The molecule has 2 aromatic rings. The minimum Gasteiger partial charge on any atom is -0.372 e. The van der Waals surface area contributed by atoms with Crippen molar-refractivity contribution in [1.29, 1.82) is 0 Å². The van der Waals surface area contributed by atoms with Gasteiger partial charge in [0.15, 0.2) is 0 Å². The predicted molar refractivity (Wildman–Crippen MR) is 85.6 cm³/mol. The Labute approximate surface area is 137 Å². The number of nitrogens with zero attached hydrogens (tertiary/aromatic N) is 2. The summed E-state index contributed by atoms with van der Waals surface area (Å²) in [7, 11) is 0. The molecular formula is C16H18N4O4. The molecule has 8 heteroatoms. The molecule has 126 valence electrons. The smallest absolute Gasteiger partial charge is 0.325 e. The third kappa shape index (κ3) is 3.77. The highest BCUT2D eigenvalue weighted by atomic mass is 16.5. The maximum Gasteiger partial charge on any atom is 0.325 e. The van der Waals surface area contributed by atoms with Crippen LogP contribution in [0.3, 0.4) is 0 Å². The van der Waals surface area contributed by atoms with Crippen LogP contribution < -0.4 is 11.2 Å². The first-order chi connectivity index (χ1) is 11.6. The lowest BCUT2D eigenvalue weighted by Gasteiger charge is -2.32. The Bertz CT molecular complexity index is 815. The van der Waals surface area contributed by atoms with Crippen LogP contribution in [0.15, 0.2) is 40.3 Å².